The van der Waals surface area contributed by atoms with E-state index < -0.39 is 0 Å². The summed E-state index contributed by atoms with van der Waals surface area (Å²) in [5.41, 5.74) is 9.70. The van der Waals surface area contributed by atoms with Crippen LogP contribution in [0.15, 0.2) is 65.7 Å². The van der Waals surface area contributed by atoms with Gasteiger partial charge in [-0.1, -0.05) is 30.3 Å². The van der Waals surface area contributed by atoms with Gasteiger partial charge in [0.2, 0.25) is 17.8 Å². The average molecular weight is 442 g/mol. The van der Waals surface area contributed by atoms with Crippen molar-refractivity contribution in [2.75, 3.05) is 61.0 Å². The maximum Gasteiger partial charge on any atom is 0.235 e. The number of aromatic nitrogens is 3. The summed E-state index contributed by atoms with van der Waals surface area (Å²) in [6.07, 6.45) is 2.04. The normalized spacial score (nSPS) is 16.3. The van der Waals surface area contributed by atoms with Crippen molar-refractivity contribution < 1.29 is 0 Å². The lowest BCUT2D eigenvalue weighted by Gasteiger charge is -2.32. The molecular weight excluding hydrogens is 414 g/mol. The van der Waals surface area contributed by atoms with Crippen LogP contribution in [-0.2, 0) is 0 Å². The molecule has 0 atom stereocenters. The molecule has 0 radical (unpaired) electrons. The highest BCUT2D eigenvalue weighted by atomic mass is 15.4. The topological polar surface area (TPSA) is 108 Å². The second kappa shape index (κ2) is 9.25. The zero-order valence-electron chi connectivity index (χ0n) is 18.6. The van der Waals surface area contributed by atoms with Gasteiger partial charge in [-0.15, -0.1) is 0 Å². The third kappa shape index (κ3) is 5.09. The SMILES string of the molecule is CN1CCN(c2nc(NC3=NCC(c4ccccc4)=C3)nc(Nc3ccc(N)cc3)n2)CC1. The van der Waals surface area contributed by atoms with Gasteiger partial charge in [0.1, 0.15) is 5.84 Å². The molecule has 3 aromatic rings. The summed E-state index contributed by atoms with van der Waals surface area (Å²) in [6.45, 7) is 4.27. The Kier molecular flexibility index (Phi) is 5.86. The summed E-state index contributed by atoms with van der Waals surface area (Å²) in [6, 6.07) is 17.7. The van der Waals surface area contributed by atoms with Crippen molar-refractivity contribution in [2.45, 2.75) is 0 Å². The van der Waals surface area contributed by atoms with Crippen LogP contribution in [0, 0.1) is 0 Å². The van der Waals surface area contributed by atoms with E-state index in [9.17, 15) is 0 Å². The molecule has 2 aromatic carbocycles. The quantitative estimate of drug-likeness (QED) is 0.519. The molecule has 0 saturated carbocycles. The van der Waals surface area contributed by atoms with E-state index in [4.69, 9.17) is 10.7 Å². The molecule has 3 heterocycles. The zero-order chi connectivity index (χ0) is 22.6. The number of likely N-dealkylation sites (N-methyl/N-ethyl adjacent to an activating group) is 1. The molecule has 1 fully saturated rings. The van der Waals surface area contributed by atoms with Crippen LogP contribution in [0.25, 0.3) is 5.57 Å². The van der Waals surface area contributed by atoms with Gasteiger partial charge in [0, 0.05) is 37.6 Å². The van der Waals surface area contributed by atoms with E-state index in [1.54, 1.807) is 0 Å². The number of nitrogens with two attached hydrogens (primary N) is 1. The molecule has 33 heavy (non-hydrogen) atoms. The summed E-state index contributed by atoms with van der Waals surface area (Å²) >= 11 is 0. The van der Waals surface area contributed by atoms with Gasteiger partial charge >= 0.3 is 0 Å². The predicted octanol–water partition coefficient (Wildman–Crippen LogP) is 2.86. The summed E-state index contributed by atoms with van der Waals surface area (Å²) in [5, 5.41) is 6.55. The van der Waals surface area contributed by atoms with Crippen LogP contribution in [0.3, 0.4) is 0 Å². The number of rotatable bonds is 5. The van der Waals surface area contributed by atoms with E-state index in [-0.39, 0.29) is 0 Å². The molecule has 1 aromatic heterocycles. The van der Waals surface area contributed by atoms with Gasteiger partial charge in [0.15, 0.2) is 0 Å². The number of nitrogen functional groups attached to an aromatic ring is 1. The lowest BCUT2D eigenvalue weighted by Crippen LogP contribution is -2.45. The van der Waals surface area contributed by atoms with Crippen molar-refractivity contribution in [3.63, 3.8) is 0 Å². The first-order valence-electron chi connectivity index (χ1n) is 11.0. The molecule has 5 rings (SSSR count). The maximum absolute atomic E-state index is 5.81. The molecule has 1 saturated heterocycles. The number of nitrogens with zero attached hydrogens (tertiary/aromatic N) is 6. The first kappa shape index (κ1) is 20.9. The smallest absolute Gasteiger partial charge is 0.235 e. The molecule has 9 nitrogen and oxygen atoms in total. The van der Waals surface area contributed by atoms with E-state index in [1.807, 2.05) is 48.5 Å². The lowest BCUT2D eigenvalue weighted by molar-refractivity contribution is 0.311. The fourth-order valence-electron chi connectivity index (χ4n) is 3.76. The second-order valence-corrected chi connectivity index (χ2v) is 8.18. The highest BCUT2D eigenvalue weighted by Gasteiger charge is 2.19. The monoisotopic (exact) mass is 441 g/mol. The van der Waals surface area contributed by atoms with Gasteiger partial charge in [-0.25, -0.2) is 0 Å². The van der Waals surface area contributed by atoms with Crippen LogP contribution in [0.1, 0.15) is 5.56 Å². The third-order valence-corrected chi connectivity index (χ3v) is 5.69. The van der Waals surface area contributed by atoms with Gasteiger partial charge in [0.25, 0.3) is 0 Å². The number of hydrogen-bond acceptors (Lipinski definition) is 9. The third-order valence-electron chi connectivity index (χ3n) is 5.69. The minimum absolute atomic E-state index is 0.459. The van der Waals surface area contributed by atoms with Gasteiger partial charge in [-0.2, -0.15) is 15.0 Å². The standard InChI is InChI=1S/C24H27N9/c1-32-11-13-33(14-12-32)24-30-22(27-20-9-7-19(25)8-10-20)29-23(31-24)28-21-15-18(16-26-21)17-5-3-2-4-6-17/h2-10,15H,11-14,16,25H2,1H3,(H2,26,27,28,29,30,31). The molecular formula is C24H27N9. The molecule has 0 bridgehead atoms. The van der Waals surface area contributed by atoms with Crippen molar-refractivity contribution in [3.8, 4) is 0 Å². The fourth-order valence-corrected chi connectivity index (χ4v) is 3.76. The fraction of sp³-hybridized carbons (Fsp3) is 0.250. The Hall–Kier alpha value is -3.98. The molecule has 0 spiro atoms. The van der Waals surface area contributed by atoms with Gasteiger partial charge in [0.05, 0.1) is 6.54 Å². The number of amidine groups is 1. The minimum Gasteiger partial charge on any atom is -0.399 e. The lowest BCUT2D eigenvalue weighted by atomic mass is 10.1. The van der Waals surface area contributed by atoms with Crippen molar-refractivity contribution in [2.24, 2.45) is 4.99 Å². The second-order valence-electron chi connectivity index (χ2n) is 8.18. The number of piperazine rings is 1. The van der Waals surface area contributed by atoms with Crippen LogP contribution in [0.2, 0.25) is 0 Å². The molecule has 4 N–H and O–H groups in total. The molecule has 0 unspecified atom stereocenters. The summed E-state index contributed by atoms with van der Waals surface area (Å²) < 4.78 is 0. The number of aliphatic imine (C=N–C) groups is 1. The Morgan fingerprint density at radius 1 is 0.818 bits per heavy atom. The summed E-state index contributed by atoms with van der Waals surface area (Å²) in [4.78, 5) is 23.1. The number of nitrogens with one attached hydrogen (secondary N) is 2. The predicted molar refractivity (Wildman–Crippen MR) is 134 cm³/mol. The summed E-state index contributed by atoms with van der Waals surface area (Å²) in [5.74, 6) is 2.31. The molecule has 2 aliphatic rings. The Labute approximate surface area is 193 Å². The first-order chi connectivity index (χ1) is 16.1. The number of anilines is 5. The van der Waals surface area contributed by atoms with E-state index in [1.165, 1.54) is 0 Å². The van der Waals surface area contributed by atoms with Gasteiger partial charge in [-0.05, 0) is 48.5 Å². The Balaban J connectivity index is 1.40. The van der Waals surface area contributed by atoms with E-state index in [0.717, 1.165) is 48.8 Å². The number of hydrogen-bond donors (Lipinski definition) is 3. The van der Waals surface area contributed by atoms with Crippen molar-refractivity contribution in [3.05, 3.63) is 66.2 Å². The highest BCUT2D eigenvalue weighted by Crippen LogP contribution is 2.22. The Morgan fingerprint density at radius 3 is 2.24 bits per heavy atom. The van der Waals surface area contributed by atoms with Crippen LogP contribution >= 0.6 is 0 Å². The maximum atomic E-state index is 5.81. The van der Waals surface area contributed by atoms with Gasteiger partial charge in [-0.3, -0.25) is 4.99 Å². The van der Waals surface area contributed by atoms with Crippen LogP contribution in [-0.4, -0.2) is 65.5 Å². The van der Waals surface area contributed by atoms with E-state index in [0.29, 0.717) is 30.1 Å². The molecule has 9 heteroatoms. The van der Waals surface area contributed by atoms with Gasteiger partial charge < -0.3 is 26.2 Å². The average Bonchev–Trinajstić information content (AvgIpc) is 3.30. The molecule has 0 aliphatic carbocycles. The van der Waals surface area contributed by atoms with E-state index >= 15 is 0 Å². The van der Waals surface area contributed by atoms with Crippen LogP contribution in [0.5, 0.6) is 0 Å². The van der Waals surface area contributed by atoms with Crippen molar-refractivity contribution >= 4 is 40.6 Å². The summed E-state index contributed by atoms with van der Waals surface area (Å²) in [7, 11) is 2.13. The van der Waals surface area contributed by atoms with Crippen molar-refractivity contribution in [1.82, 2.24) is 19.9 Å². The molecule has 168 valence electrons. The Bertz CT molecular complexity index is 1160. The van der Waals surface area contributed by atoms with Crippen LogP contribution in [0.4, 0.5) is 29.2 Å². The largest absolute Gasteiger partial charge is 0.399 e. The first-order valence-corrected chi connectivity index (χ1v) is 11.0. The van der Waals surface area contributed by atoms with Crippen LogP contribution < -0.4 is 21.3 Å². The zero-order valence-corrected chi connectivity index (χ0v) is 18.6. The molecule has 2 aliphatic heterocycles. The van der Waals surface area contributed by atoms with Crippen molar-refractivity contribution in [1.29, 1.82) is 0 Å². The minimum atomic E-state index is 0.459. The van der Waals surface area contributed by atoms with E-state index in [2.05, 4.69) is 54.6 Å². The highest BCUT2D eigenvalue weighted by molar-refractivity contribution is 6.10. The molecule has 0 amide bonds. The Morgan fingerprint density at radius 2 is 1.52 bits per heavy atom. The number of benzene rings is 2.